The van der Waals surface area contributed by atoms with Gasteiger partial charge in [0.15, 0.2) is 0 Å². The van der Waals surface area contributed by atoms with Crippen LogP contribution in [0.25, 0.3) is 11.3 Å². The van der Waals surface area contributed by atoms with Crippen molar-refractivity contribution >= 4 is 5.97 Å². The molecule has 1 aliphatic rings. The van der Waals surface area contributed by atoms with Gasteiger partial charge in [-0.3, -0.25) is 4.79 Å². The van der Waals surface area contributed by atoms with Crippen LogP contribution in [0.5, 0.6) is 5.88 Å². The van der Waals surface area contributed by atoms with Crippen molar-refractivity contribution in [3.05, 3.63) is 82.4 Å². The number of nitrogens with zero attached hydrogens (tertiary/aromatic N) is 2. The summed E-state index contributed by atoms with van der Waals surface area (Å²) >= 11 is 0. The molecule has 0 fully saturated rings. The number of pyridine rings is 1. The van der Waals surface area contributed by atoms with Gasteiger partial charge in [-0.05, 0) is 65.8 Å². The van der Waals surface area contributed by atoms with Gasteiger partial charge in [-0.25, -0.2) is 4.98 Å². The minimum absolute atomic E-state index is 0.0728. The fourth-order valence-corrected chi connectivity index (χ4v) is 3.87. The lowest BCUT2D eigenvalue weighted by molar-refractivity contribution is -0.136. The summed E-state index contributed by atoms with van der Waals surface area (Å²) < 4.78 is 5.92. The van der Waals surface area contributed by atoms with Crippen molar-refractivity contribution < 1.29 is 19.7 Å². The maximum absolute atomic E-state index is 11.3. The number of carboxylic acid groups (broad SMARTS) is 1. The van der Waals surface area contributed by atoms with Crippen molar-refractivity contribution in [2.75, 3.05) is 0 Å². The number of hydrogen-bond donors (Lipinski definition) is 2. The molecule has 156 valence electrons. The Balaban J connectivity index is 1.76. The number of hydrogen-bond acceptors (Lipinski definition) is 5. The summed E-state index contributed by atoms with van der Waals surface area (Å²) in [7, 11) is 0. The van der Waals surface area contributed by atoms with Crippen molar-refractivity contribution in [3.63, 3.8) is 0 Å². The Morgan fingerprint density at radius 2 is 2.00 bits per heavy atom. The highest BCUT2D eigenvalue weighted by atomic mass is 16.5. The van der Waals surface area contributed by atoms with Gasteiger partial charge in [0.25, 0.3) is 0 Å². The molecule has 1 unspecified atom stereocenters. The zero-order valence-corrected chi connectivity index (χ0v) is 16.9. The molecule has 1 aromatic heterocycles. The van der Waals surface area contributed by atoms with Crippen LogP contribution in [0.3, 0.4) is 0 Å². The van der Waals surface area contributed by atoms with Gasteiger partial charge in [0, 0.05) is 11.6 Å². The predicted molar refractivity (Wildman–Crippen MR) is 115 cm³/mol. The molecule has 0 radical (unpaired) electrons. The molecule has 6 heteroatoms. The van der Waals surface area contributed by atoms with E-state index in [0.29, 0.717) is 30.7 Å². The molecule has 4 bridgehead atoms. The van der Waals surface area contributed by atoms with Gasteiger partial charge >= 0.3 is 5.97 Å². The fraction of sp³-hybridized carbons (Fsp3) is 0.240. The maximum Gasteiger partial charge on any atom is 0.307 e. The zero-order chi connectivity index (χ0) is 21.8. The lowest BCUT2D eigenvalue weighted by Gasteiger charge is -2.18. The standard InChI is InChI=1S/C25H22N2O4/c26-14-16-4-5-20-15-31-24-3-1-2-23(27-24)19-7-6-18(13-25(29)30)17(11-19)8-9-22(28)12-21(20)10-16/h1-7,10-11,22,28H,8-9,12-13,15H2,(H,29,30). The minimum atomic E-state index is -0.893. The Hall–Kier alpha value is -3.69. The van der Waals surface area contributed by atoms with Crippen molar-refractivity contribution in [1.29, 1.82) is 5.26 Å². The number of rotatable bonds is 2. The molecule has 2 N–H and O–H groups in total. The Bertz CT molecular complexity index is 1170. The largest absolute Gasteiger partial charge is 0.481 e. The summed E-state index contributed by atoms with van der Waals surface area (Å²) in [5, 5.41) is 29.2. The van der Waals surface area contributed by atoms with E-state index in [1.54, 1.807) is 18.2 Å². The lowest BCUT2D eigenvalue weighted by Crippen LogP contribution is -2.15. The molecule has 0 amide bonds. The molecule has 3 aromatic rings. The van der Waals surface area contributed by atoms with Gasteiger partial charge in [-0.15, -0.1) is 0 Å². The van der Waals surface area contributed by atoms with E-state index in [0.717, 1.165) is 33.5 Å². The van der Waals surface area contributed by atoms with Gasteiger partial charge in [-0.1, -0.05) is 24.3 Å². The number of aromatic nitrogens is 1. The van der Waals surface area contributed by atoms with E-state index < -0.39 is 12.1 Å². The molecule has 4 rings (SSSR count). The van der Waals surface area contributed by atoms with Crippen LogP contribution in [0.4, 0.5) is 0 Å². The molecule has 31 heavy (non-hydrogen) atoms. The van der Waals surface area contributed by atoms with Gasteiger partial charge in [0.1, 0.15) is 6.61 Å². The summed E-state index contributed by atoms with van der Waals surface area (Å²) in [6.45, 7) is 0.285. The Kier molecular flexibility index (Phi) is 5.96. The van der Waals surface area contributed by atoms with Crippen LogP contribution in [0.2, 0.25) is 0 Å². The van der Waals surface area contributed by atoms with Crippen LogP contribution in [0.1, 0.15) is 34.2 Å². The van der Waals surface area contributed by atoms with Crippen LogP contribution in [0, 0.1) is 11.3 Å². The third kappa shape index (κ3) is 4.90. The van der Waals surface area contributed by atoms with Crippen LogP contribution in [0.15, 0.2) is 54.6 Å². The molecule has 1 aliphatic heterocycles. The number of ether oxygens (including phenoxy) is 1. The zero-order valence-electron chi connectivity index (χ0n) is 16.9. The monoisotopic (exact) mass is 414 g/mol. The molecule has 1 atom stereocenters. The average Bonchev–Trinajstić information content (AvgIpc) is 2.76. The lowest BCUT2D eigenvalue weighted by atomic mass is 9.93. The number of aryl methyl sites for hydroxylation is 1. The van der Waals surface area contributed by atoms with Crippen LogP contribution < -0.4 is 4.74 Å². The third-order valence-corrected chi connectivity index (χ3v) is 5.48. The molecule has 0 saturated heterocycles. The van der Waals surface area contributed by atoms with E-state index in [-0.39, 0.29) is 13.0 Å². The van der Waals surface area contributed by atoms with Gasteiger partial charge in [-0.2, -0.15) is 5.26 Å². The fourth-order valence-electron chi connectivity index (χ4n) is 3.87. The SMILES string of the molecule is N#Cc1ccc2c(c1)CC(O)CCc1cc(ccc1CC(=O)O)-c1cccc(n1)OC2. The number of aliphatic hydroxyl groups is 1. The summed E-state index contributed by atoms with van der Waals surface area (Å²) in [6, 6.07) is 18.7. The summed E-state index contributed by atoms with van der Waals surface area (Å²) in [4.78, 5) is 15.9. The van der Waals surface area contributed by atoms with Crippen molar-refractivity contribution in [2.45, 2.75) is 38.4 Å². The van der Waals surface area contributed by atoms with Crippen molar-refractivity contribution in [3.8, 4) is 23.2 Å². The first kappa shape index (κ1) is 20.6. The highest BCUT2D eigenvalue weighted by Gasteiger charge is 2.16. The molecular weight excluding hydrogens is 392 g/mol. The molecule has 2 heterocycles. The normalized spacial score (nSPS) is 15.7. The summed E-state index contributed by atoms with van der Waals surface area (Å²) in [6.07, 6.45) is 0.696. The highest BCUT2D eigenvalue weighted by Crippen LogP contribution is 2.26. The number of carbonyl (C=O) groups is 1. The van der Waals surface area contributed by atoms with Crippen LogP contribution >= 0.6 is 0 Å². The molecule has 0 spiro atoms. The minimum Gasteiger partial charge on any atom is -0.481 e. The number of carboxylic acids is 1. The topological polar surface area (TPSA) is 103 Å². The number of fused-ring (bicyclic) bond motifs is 6. The molecule has 0 saturated carbocycles. The second-order valence-corrected chi connectivity index (χ2v) is 7.70. The Labute approximate surface area is 180 Å². The first-order chi connectivity index (χ1) is 15.0. The highest BCUT2D eigenvalue weighted by molar-refractivity contribution is 5.72. The molecule has 6 nitrogen and oxygen atoms in total. The quantitative estimate of drug-likeness (QED) is 0.663. The number of nitriles is 1. The number of aliphatic carboxylic acids is 1. The van der Waals surface area contributed by atoms with E-state index in [1.165, 1.54) is 0 Å². The second-order valence-electron chi connectivity index (χ2n) is 7.70. The van der Waals surface area contributed by atoms with E-state index in [9.17, 15) is 20.3 Å². The van der Waals surface area contributed by atoms with E-state index in [1.807, 2.05) is 36.4 Å². The average molecular weight is 414 g/mol. The van der Waals surface area contributed by atoms with Crippen LogP contribution in [-0.2, 0) is 30.7 Å². The van der Waals surface area contributed by atoms with Gasteiger partial charge in [0.05, 0.1) is 29.9 Å². The first-order valence-electron chi connectivity index (χ1n) is 10.2. The van der Waals surface area contributed by atoms with Crippen molar-refractivity contribution in [1.82, 2.24) is 4.98 Å². The second kappa shape index (κ2) is 8.99. The molecular formula is C25H22N2O4. The summed E-state index contributed by atoms with van der Waals surface area (Å²) in [5.41, 5.74) is 5.51. The Morgan fingerprint density at radius 3 is 2.81 bits per heavy atom. The number of aliphatic hydroxyl groups excluding tert-OH is 1. The Morgan fingerprint density at radius 1 is 1.13 bits per heavy atom. The van der Waals surface area contributed by atoms with Gasteiger partial charge in [0.2, 0.25) is 5.88 Å². The van der Waals surface area contributed by atoms with E-state index >= 15 is 0 Å². The molecule has 2 aromatic carbocycles. The van der Waals surface area contributed by atoms with Crippen molar-refractivity contribution in [2.24, 2.45) is 0 Å². The predicted octanol–water partition coefficient (Wildman–Crippen LogP) is 3.68. The third-order valence-electron chi connectivity index (χ3n) is 5.48. The van der Waals surface area contributed by atoms with Gasteiger partial charge < -0.3 is 14.9 Å². The summed E-state index contributed by atoms with van der Waals surface area (Å²) in [5.74, 6) is -0.419. The number of benzene rings is 2. The first-order valence-corrected chi connectivity index (χ1v) is 10.2. The van der Waals surface area contributed by atoms with E-state index in [2.05, 4.69) is 11.1 Å². The smallest absolute Gasteiger partial charge is 0.307 e. The van der Waals surface area contributed by atoms with Crippen LogP contribution in [-0.4, -0.2) is 27.3 Å². The maximum atomic E-state index is 11.3. The molecule has 0 aliphatic carbocycles. The van der Waals surface area contributed by atoms with E-state index in [4.69, 9.17) is 4.74 Å².